The largest absolute Gasteiger partial charge is 0.493 e. The van der Waals surface area contributed by atoms with Crippen LogP contribution in [0.5, 0.6) is 5.75 Å². The summed E-state index contributed by atoms with van der Waals surface area (Å²) in [7, 11) is 0. The van der Waals surface area contributed by atoms with Gasteiger partial charge in [0.15, 0.2) is 0 Å². The predicted molar refractivity (Wildman–Crippen MR) is 69.9 cm³/mol. The predicted octanol–water partition coefficient (Wildman–Crippen LogP) is 0.886. The minimum absolute atomic E-state index is 0.0750. The minimum atomic E-state index is -0.618. The van der Waals surface area contributed by atoms with Crippen molar-refractivity contribution >= 4 is 0 Å². The van der Waals surface area contributed by atoms with Crippen LogP contribution in [0.4, 0.5) is 0 Å². The van der Waals surface area contributed by atoms with Crippen molar-refractivity contribution in [2.45, 2.75) is 24.8 Å². The van der Waals surface area contributed by atoms with Gasteiger partial charge in [0.25, 0.3) is 0 Å². The summed E-state index contributed by atoms with van der Waals surface area (Å²) in [6.45, 7) is 3.12. The summed E-state index contributed by atoms with van der Waals surface area (Å²) >= 11 is 0. The number of benzene rings is 1. The van der Waals surface area contributed by atoms with E-state index in [-0.39, 0.29) is 13.2 Å². The fourth-order valence-corrected chi connectivity index (χ4v) is 2.16. The monoisotopic (exact) mass is 251 g/mol. The van der Waals surface area contributed by atoms with Crippen molar-refractivity contribution in [2.24, 2.45) is 0 Å². The summed E-state index contributed by atoms with van der Waals surface area (Å²) < 4.78 is 5.61. The number of hydrogen-bond acceptors (Lipinski definition) is 4. The van der Waals surface area contributed by atoms with Crippen LogP contribution in [0, 0.1) is 0 Å². The summed E-state index contributed by atoms with van der Waals surface area (Å²) in [5.41, 5.74) is 0.585. The van der Waals surface area contributed by atoms with E-state index in [0.717, 1.165) is 25.3 Å². The van der Waals surface area contributed by atoms with E-state index in [1.54, 1.807) is 0 Å². The van der Waals surface area contributed by atoms with Gasteiger partial charge in [-0.3, -0.25) is 0 Å². The molecule has 0 saturated heterocycles. The molecular formula is C14H21NO3. The summed E-state index contributed by atoms with van der Waals surface area (Å²) in [6, 6.07) is 8.05. The Labute approximate surface area is 108 Å². The first-order valence-electron chi connectivity index (χ1n) is 6.37. The van der Waals surface area contributed by atoms with E-state index in [1.165, 1.54) is 5.56 Å². The zero-order chi connectivity index (χ0) is 13.0. The fourth-order valence-electron chi connectivity index (χ4n) is 2.16. The second kappa shape index (κ2) is 5.69. The Morgan fingerprint density at radius 2 is 2.06 bits per heavy atom. The minimum Gasteiger partial charge on any atom is -0.493 e. The molecule has 0 aliphatic carbocycles. The van der Waals surface area contributed by atoms with E-state index >= 15 is 0 Å². The van der Waals surface area contributed by atoms with Crippen LogP contribution in [0.1, 0.15) is 24.8 Å². The van der Waals surface area contributed by atoms with Crippen LogP contribution in [0.15, 0.2) is 24.3 Å². The molecule has 3 N–H and O–H groups in total. The molecule has 0 radical (unpaired) electrons. The number of aliphatic hydroxyl groups is 2. The highest BCUT2D eigenvalue weighted by Crippen LogP contribution is 2.32. The van der Waals surface area contributed by atoms with Crippen molar-refractivity contribution < 1.29 is 14.9 Å². The Bertz CT molecular complexity index is 390. The fraction of sp³-hybridized carbons (Fsp3) is 0.571. The van der Waals surface area contributed by atoms with E-state index in [9.17, 15) is 10.2 Å². The third-order valence-electron chi connectivity index (χ3n) is 3.56. The molecule has 0 fully saturated rings. The lowest BCUT2D eigenvalue weighted by Gasteiger charge is -2.31. The van der Waals surface area contributed by atoms with Crippen molar-refractivity contribution in [1.29, 1.82) is 0 Å². The van der Waals surface area contributed by atoms with Gasteiger partial charge in [-0.1, -0.05) is 18.2 Å². The Balaban J connectivity index is 2.03. The van der Waals surface area contributed by atoms with E-state index in [1.807, 2.05) is 25.1 Å². The topological polar surface area (TPSA) is 61.7 Å². The SMILES string of the molecule is CC(CO)(CO)NCC1CCOc2ccccc21. The highest BCUT2D eigenvalue weighted by molar-refractivity contribution is 5.37. The van der Waals surface area contributed by atoms with E-state index in [4.69, 9.17) is 4.74 Å². The van der Waals surface area contributed by atoms with Gasteiger partial charge in [0.05, 0.1) is 25.4 Å². The quantitative estimate of drug-likeness (QED) is 0.727. The van der Waals surface area contributed by atoms with Crippen molar-refractivity contribution in [2.75, 3.05) is 26.4 Å². The molecule has 1 aromatic carbocycles. The molecule has 0 spiro atoms. The van der Waals surface area contributed by atoms with Crippen molar-refractivity contribution in [3.8, 4) is 5.75 Å². The van der Waals surface area contributed by atoms with E-state index < -0.39 is 5.54 Å². The molecule has 1 atom stereocenters. The molecule has 100 valence electrons. The van der Waals surface area contributed by atoms with Gasteiger partial charge < -0.3 is 20.3 Å². The molecule has 1 unspecified atom stereocenters. The van der Waals surface area contributed by atoms with E-state index in [2.05, 4.69) is 11.4 Å². The zero-order valence-electron chi connectivity index (χ0n) is 10.7. The molecule has 0 bridgehead atoms. The van der Waals surface area contributed by atoms with Gasteiger partial charge in [-0.2, -0.15) is 0 Å². The van der Waals surface area contributed by atoms with E-state index in [0.29, 0.717) is 5.92 Å². The first-order chi connectivity index (χ1) is 8.68. The Morgan fingerprint density at radius 1 is 1.33 bits per heavy atom. The standard InChI is InChI=1S/C14H21NO3/c1-14(9-16,10-17)15-8-11-6-7-18-13-5-3-2-4-12(11)13/h2-5,11,15-17H,6-10H2,1H3. The lowest BCUT2D eigenvalue weighted by molar-refractivity contribution is 0.101. The normalized spacial score (nSPS) is 19.2. The molecule has 1 aliphatic heterocycles. The Morgan fingerprint density at radius 3 is 2.78 bits per heavy atom. The maximum atomic E-state index is 9.26. The third kappa shape index (κ3) is 2.83. The summed E-state index contributed by atoms with van der Waals surface area (Å²) in [6.07, 6.45) is 0.955. The molecule has 1 aliphatic rings. The maximum absolute atomic E-state index is 9.26. The van der Waals surface area contributed by atoms with Gasteiger partial charge in [-0.15, -0.1) is 0 Å². The summed E-state index contributed by atoms with van der Waals surface area (Å²) in [5.74, 6) is 1.32. The molecule has 0 aromatic heterocycles. The molecule has 1 heterocycles. The lowest BCUT2D eigenvalue weighted by atomic mass is 9.92. The van der Waals surface area contributed by atoms with Gasteiger partial charge in [-0.05, 0) is 25.0 Å². The van der Waals surface area contributed by atoms with Gasteiger partial charge in [0.1, 0.15) is 5.75 Å². The van der Waals surface area contributed by atoms with Crippen LogP contribution in [0.3, 0.4) is 0 Å². The first-order valence-corrected chi connectivity index (χ1v) is 6.37. The zero-order valence-corrected chi connectivity index (χ0v) is 10.7. The Kier molecular flexibility index (Phi) is 4.22. The highest BCUT2D eigenvalue weighted by atomic mass is 16.5. The molecule has 18 heavy (non-hydrogen) atoms. The van der Waals surface area contributed by atoms with Crippen LogP contribution in [0.25, 0.3) is 0 Å². The molecule has 1 aromatic rings. The number of fused-ring (bicyclic) bond motifs is 1. The second-order valence-corrected chi connectivity index (χ2v) is 5.13. The number of nitrogens with one attached hydrogen (secondary N) is 1. The average molecular weight is 251 g/mol. The number of aliphatic hydroxyl groups excluding tert-OH is 2. The number of ether oxygens (including phenoxy) is 1. The average Bonchev–Trinajstić information content (AvgIpc) is 2.44. The maximum Gasteiger partial charge on any atom is 0.122 e. The van der Waals surface area contributed by atoms with Crippen LogP contribution >= 0.6 is 0 Å². The third-order valence-corrected chi connectivity index (χ3v) is 3.56. The van der Waals surface area contributed by atoms with Gasteiger partial charge in [0.2, 0.25) is 0 Å². The van der Waals surface area contributed by atoms with Crippen LogP contribution in [-0.2, 0) is 0 Å². The van der Waals surface area contributed by atoms with Crippen molar-refractivity contribution in [3.63, 3.8) is 0 Å². The molecule has 0 amide bonds. The number of rotatable bonds is 5. The highest BCUT2D eigenvalue weighted by Gasteiger charge is 2.26. The second-order valence-electron chi connectivity index (χ2n) is 5.13. The van der Waals surface area contributed by atoms with Gasteiger partial charge in [-0.25, -0.2) is 0 Å². The molecule has 0 saturated carbocycles. The Hall–Kier alpha value is -1.10. The first kappa shape index (κ1) is 13.3. The number of hydrogen-bond donors (Lipinski definition) is 3. The smallest absolute Gasteiger partial charge is 0.122 e. The summed E-state index contributed by atoms with van der Waals surface area (Å²) in [5, 5.41) is 21.8. The lowest BCUT2D eigenvalue weighted by Crippen LogP contribution is -2.50. The van der Waals surface area contributed by atoms with Gasteiger partial charge in [0, 0.05) is 12.5 Å². The van der Waals surface area contributed by atoms with Gasteiger partial charge >= 0.3 is 0 Å². The summed E-state index contributed by atoms with van der Waals surface area (Å²) in [4.78, 5) is 0. The molecular weight excluding hydrogens is 230 g/mol. The van der Waals surface area contributed by atoms with Crippen LogP contribution < -0.4 is 10.1 Å². The number of para-hydroxylation sites is 1. The molecule has 4 heteroatoms. The van der Waals surface area contributed by atoms with Crippen molar-refractivity contribution in [3.05, 3.63) is 29.8 Å². The molecule has 4 nitrogen and oxygen atoms in total. The van der Waals surface area contributed by atoms with Crippen LogP contribution in [0.2, 0.25) is 0 Å². The van der Waals surface area contributed by atoms with Crippen LogP contribution in [-0.4, -0.2) is 42.1 Å². The molecule has 2 rings (SSSR count). The van der Waals surface area contributed by atoms with Crippen molar-refractivity contribution in [1.82, 2.24) is 5.32 Å².